The van der Waals surface area contributed by atoms with Crippen molar-refractivity contribution in [1.82, 2.24) is 4.90 Å². The van der Waals surface area contributed by atoms with Gasteiger partial charge < -0.3 is 19.5 Å². The van der Waals surface area contributed by atoms with Gasteiger partial charge in [0.1, 0.15) is 5.75 Å². The molecule has 7 heteroatoms. The summed E-state index contributed by atoms with van der Waals surface area (Å²) in [4.78, 5) is 24.9. The van der Waals surface area contributed by atoms with Gasteiger partial charge in [-0.15, -0.1) is 0 Å². The van der Waals surface area contributed by atoms with E-state index in [0.29, 0.717) is 32.1 Å². The summed E-state index contributed by atoms with van der Waals surface area (Å²) in [6, 6.07) is 4.29. The quantitative estimate of drug-likeness (QED) is 0.915. The van der Waals surface area contributed by atoms with Crippen molar-refractivity contribution >= 4 is 23.5 Å². The second kappa shape index (κ2) is 6.78. The van der Waals surface area contributed by atoms with Gasteiger partial charge in [0.25, 0.3) is 5.91 Å². The van der Waals surface area contributed by atoms with E-state index >= 15 is 0 Å². The molecule has 1 amide bonds. The summed E-state index contributed by atoms with van der Waals surface area (Å²) in [5, 5.41) is 9.14. The van der Waals surface area contributed by atoms with Crippen molar-refractivity contribution in [2.45, 2.75) is 13.0 Å². The van der Waals surface area contributed by atoms with Crippen LogP contribution in [0, 0.1) is 0 Å². The fourth-order valence-electron chi connectivity index (χ4n) is 2.04. The maximum absolute atomic E-state index is 12.2. The van der Waals surface area contributed by atoms with E-state index in [4.69, 9.17) is 26.2 Å². The zero-order valence-electron chi connectivity index (χ0n) is 11.5. The number of nitrogens with zero attached hydrogens (tertiary/aromatic N) is 1. The number of halogens is 1. The number of rotatable bonds is 4. The number of amides is 1. The fourth-order valence-corrected chi connectivity index (χ4v) is 2.24. The molecule has 0 spiro atoms. The molecule has 1 aliphatic rings. The highest BCUT2D eigenvalue weighted by atomic mass is 35.5. The Kier molecular flexibility index (Phi) is 5.03. The molecule has 1 unspecified atom stereocenters. The number of aromatic carboxylic acids is 1. The van der Waals surface area contributed by atoms with E-state index in [0.717, 1.165) is 0 Å². The number of carboxylic acids is 1. The van der Waals surface area contributed by atoms with E-state index in [-0.39, 0.29) is 16.5 Å². The van der Waals surface area contributed by atoms with Crippen LogP contribution in [-0.4, -0.2) is 54.3 Å². The lowest BCUT2D eigenvalue weighted by Gasteiger charge is -2.29. The number of benzene rings is 1. The zero-order valence-corrected chi connectivity index (χ0v) is 12.3. The van der Waals surface area contributed by atoms with Crippen LogP contribution in [0.5, 0.6) is 5.75 Å². The fraction of sp³-hybridized carbons (Fsp3) is 0.429. The van der Waals surface area contributed by atoms with Crippen LogP contribution in [0.15, 0.2) is 18.2 Å². The third kappa shape index (κ3) is 3.86. The molecule has 0 aliphatic carbocycles. The number of carbonyl (C=O) groups excluding carboxylic acids is 1. The lowest BCUT2D eigenvalue weighted by molar-refractivity contribution is -0.142. The number of morpholine rings is 1. The van der Waals surface area contributed by atoms with E-state index in [1.165, 1.54) is 18.2 Å². The summed E-state index contributed by atoms with van der Waals surface area (Å²) >= 11 is 5.79. The van der Waals surface area contributed by atoms with E-state index in [9.17, 15) is 9.59 Å². The number of ether oxygens (including phenoxy) is 2. The standard InChI is InChI=1S/C14H16ClNO5/c1-9(13(17)16-4-6-20-7-5-16)21-10-2-3-12(15)11(8-10)14(18)19/h2-3,8-9H,4-7H2,1H3,(H,18,19). The SMILES string of the molecule is CC(Oc1ccc(Cl)c(C(=O)O)c1)C(=O)N1CCOCC1. The molecule has 2 rings (SSSR count). The van der Waals surface area contributed by atoms with Gasteiger partial charge in [0, 0.05) is 13.1 Å². The van der Waals surface area contributed by atoms with Crippen LogP contribution in [0.25, 0.3) is 0 Å². The lowest BCUT2D eigenvalue weighted by Crippen LogP contribution is -2.46. The Morgan fingerprint density at radius 3 is 2.67 bits per heavy atom. The molecular weight excluding hydrogens is 298 g/mol. The van der Waals surface area contributed by atoms with Crippen molar-refractivity contribution in [2.24, 2.45) is 0 Å². The summed E-state index contributed by atoms with van der Waals surface area (Å²) in [5.41, 5.74) is -0.0554. The molecule has 1 atom stereocenters. The first-order chi connectivity index (χ1) is 9.99. The van der Waals surface area contributed by atoms with Crippen molar-refractivity contribution in [1.29, 1.82) is 0 Å². The second-order valence-electron chi connectivity index (χ2n) is 4.64. The monoisotopic (exact) mass is 313 g/mol. The third-order valence-corrected chi connectivity index (χ3v) is 3.48. The van der Waals surface area contributed by atoms with Gasteiger partial charge in [0.15, 0.2) is 6.10 Å². The molecule has 0 aromatic heterocycles. The smallest absolute Gasteiger partial charge is 0.337 e. The molecule has 1 heterocycles. The average Bonchev–Trinajstić information content (AvgIpc) is 2.49. The van der Waals surface area contributed by atoms with Crippen molar-refractivity contribution in [3.8, 4) is 5.75 Å². The molecule has 1 aromatic carbocycles. The van der Waals surface area contributed by atoms with E-state index < -0.39 is 12.1 Å². The first-order valence-corrected chi connectivity index (χ1v) is 6.93. The largest absolute Gasteiger partial charge is 0.481 e. The van der Waals surface area contributed by atoms with Crippen LogP contribution in [0.2, 0.25) is 5.02 Å². The molecule has 6 nitrogen and oxygen atoms in total. The molecule has 1 aromatic rings. The van der Waals surface area contributed by atoms with Crippen LogP contribution >= 0.6 is 11.6 Å². The predicted octanol–water partition coefficient (Wildman–Crippen LogP) is 1.66. The highest BCUT2D eigenvalue weighted by Crippen LogP contribution is 2.23. The number of hydrogen-bond donors (Lipinski definition) is 1. The third-order valence-electron chi connectivity index (χ3n) is 3.15. The van der Waals surface area contributed by atoms with E-state index in [1.807, 2.05) is 0 Å². The molecule has 114 valence electrons. The van der Waals surface area contributed by atoms with Crippen molar-refractivity contribution < 1.29 is 24.2 Å². The Bertz CT molecular complexity index is 542. The zero-order chi connectivity index (χ0) is 15.4. The minimum atomic E-state index is -1.14. The molecule has 21 heavy (non-hydrogen) atoms. The molecule has 0 bridgehead atoms. The van der Waals surface area contributed by atoms with Gasteiger partial charge in [-0.2, -0.15) is 0 Å². The minimum absolute atomic E-state index is 0.0554. The van der Waals surface area contributed by atoms with Gasteiger partial charge in [-0.25, -0.2) is 4.79 Å². The van der Waals surface area contributed by atoms with Crippen molar-refractivity contribution in [2.75, 3.05) is 26.3 Å². The normalized spacial score (nSPS) is 16.4. The Morgan fingerprint density at radius 1 is 1.38 bits per heavy atom. The number of hydrogen-bond acceptors (Lipinski definition) is 4. The van der Waals surface area contributed by atoms with Gasteiger partial charge in [0.2, 0.25) is 0 Å². The first kappa shape index (κ1) is 15.6. The molecule has 1 aliphatic heterocycles. The Labute approximate surface area is 127 Å². The van der Waals surface area contributed by atoms with Crippen LogP contribution in [-0.2, 0) is 9.53 Å². The summed E-state index contributed by atoms with van der Waals surface area (Å²) in [6.45, 7) is 3.74. The van der Waals surface area contributed by atoms with Crippen LogP contribution < -0.4 is 4.74 Å². The topological polar surface area (TPSA) is 76.1 Å². The highest BCUT2D eigenvalue weighted by molar-refractivity contribution is 6.33. The van der Waals surface area contributed by atoms with Crippen molar-refractivity contribution in [3.05, 3.63) is 28.8 Å². The molecule has 1 saturated heterocycles. The highest BCUT2D eigenvalue weighted by Gasteiger charge is 2.24. The first-order valence-electron chi connectivity index (χ1n) is 6.55. The van der Waals surface area contributed by atoms with Crippen LogP contribution in [0.4, 0.5) is 0 Å². The molecule has 0 radical (unpaired) electrons. The maximum atomic E-state index is 12.2. The van der Waals surface area contributed by atoms with Gasteiger partial charge >= 0.3 is 5.97 Å². The maximum Gasteiger partial charge on any atom is 0.337 e. The van der Waals surface area contributed by atoms with Crippen molar-refractivity contribution in [3.63, 3.8) is 0 Å². The summed E-state index contributed by atoms with van der Waals surface area (Å²) in [7, 11) is 0. The van der Waals surface area contributed by atoms with Crippen LogP contribution in [0.1, 0.15) is 17.3 Å². The summed E-state index contributed by atoms with van der Waals surface area (Å²) in [6.07, 6.45) is -0.703. The second-order valence-corrected chi connectivity index (χ2v) is 5.05. The Morgan fingerprint density at radius 2 is 2.05 bits per heavy atom. The van der Waals surface area contributed by atoms with E-state index in [1.54, 1.807) is 11.8 Å². The number of carboxylic acid groups (broad SMARTS) is 1. The number of carbonyl (C=O) groups is 2. The summed E-state index contributed by atoms with van der Waals surface area (Å²) < 4.78 is 10.7. The molecule has 0 saturated carbocycles. The minimum Gasteiger partial charge on any atom is -0.481 e. The Balaban J connectivity index is 2.05. The molecule has 1 fully saturated rings. The predicted molar refractivity (Wildman–Crippen MR) is 75.9 cm³/mol. The van der Waals surface area contributed by atoms with Gasteiger partial charge in [-0.1, -0.05) is 11.6 Å². The van der Waals surface area contributed by atoms with Gasteiger partial charge in [-0.3, -0.25) is 4.79 Å². The molecular formula is C14H16ClNO5. The average molecular weight is 314 g/mol. The van der Waals surface area contributed by atoms with Gasteiger partial charge in [-0.05, 0) is 25.1 Å². The Hall–Kier alpha value is -1.79. The van der Waals surface area contributed by atoms with Crippen LogP contribution in [0.3, 0.4) is 0 Å². The summed E-state index contributed by atoms with van der Waals surface area (Å²) in [5.74, 6) is -0.992. The van der Waals surface area contributed by atoms with E-state index in [2.05, 4.69) is 0 Å². The van der Waals surface area contributed by atoms with Gasteiger partial charge in [0.05, 0.1) is 23.8 Å². The molecule has 1 N–H and O–H groups in total. The lowest BCUT2D eigenvalue weighted by atomic mass is 10.2.